The zero-order chi connectivity index (χ0) is 9.54. The van der Waals surface area contributed by atoms with Gasteiger partial charge in [-0.15, -0.1) is 0 Å². The van der Waals surface area contributed by atoms with Crippen molar-refractivity contribution in [3.05, 3.63) is 35.6 Å². The van der Waals surface area contributed by atoms with E-state index in [1.165, 1.54) is 18.5 Å². The maximum Gasteiger partial charge on any atom is 0.123 e. The zero-order valence-corrected chi connectivity index (χ0v) is 8.04. The van der Waals surface area contributed by atoms with Gasteiger partial charge in [-0.2, -0.15) is 0 Å². The Hall–Kier alpha value is -0.890. The SMILES string of the molecule is Fc1ccc(C[C@H]2NC[C@@H]3CC32)cc1. The summed E-state index contributed by atoms with van der Waals surface area (Å²) in [4.78, 5) is 0. The van der Waals surface area contributed by atoms with E-state index in [1.54, 1.807) is 12.1 Å². The molecule has 1 saturated carbocycles. The number of piperidine rings is 1. The van der Waals surface area contributed by atoms with Gasteiger partial charge in [0.15, 0.2) is 0 Å². The van der Waals surface area contributed by atoms with E-state index >= 15 is 0 Å². The molecule has 1 saturated heterocycles. The molecule has 1 aromatic rings. The maximum atomic E-state index is 12.7. The van der Waals surface area contributed by atoms with Crippen molar-refractivity contribution in [2.75, 3.05) is 6.54 Å². The minimum absolute atomic E-state index is 0.141. The average Bonchev–Trinajstić information content (AvgIpc) is 2.88. The first-order valence-corrected chi connectivity index (χ1v) is 5.31. The van der Waals surface area contributed by atoms with Gasteiger partial charge in [0, 0.05) is 6.04 Å². The van der Waals surface area contributed by atoms with E-state index in [0.29, 0.717) is 6.04 Å². The average molecular weight is 191 g/mol. The standard InChI is InChI=1S/C12H14FN/c13-10-3-1-8(2-4-10)5-12-11-6-9(11)7-14-12/h1-4,9,11-12,14H,5-7H2/t9-,11?,12+/m0/s1. The van der Waals surface area contributed by atoms with Crippen molar-refractivity contribution in [1.29, 1.82) is 0 Å². The highest BCUT2D eigenvalue weighted by molar-refractivity contribution is 5.19. The molecule has 1 heterocycles. The number of rotatable bonds is 2. The predicted octanol–water partition coefficient (Wildman–Crippen LogP) is 1.98. The first kappa shape index (κ1) is 8.42. The molecule has 14 heavy (non-hydrogen) atoms. The molecule has 1 unspecified atom stereocenters. The normalized spacial score (nSPS) is 34.2. The summed E-state index contributed by atoms with van der Waals surface area (Å²) in [6.45, 7) is 1.19. The highest BCUT2D eigenvalue weighted by atomic mass is 19.1. The third-order valence-corrected chi connectivity index (χ3v) is 3.51. The molecule has 2 heteroatoms. The summed E-state index contributed by atoms with van der Waals surface area (Å²) in [6, 6.07) is 7.54. The van der Waals surface area contributed by atoms with Crippen LogP contribution in [0.1, 0.15) is 12.0 Å². The molecule has 1 aliphatic carbocycles. The van der Waals surface area contributed by atoms with Gasteiger partial charge in [0.1, 0.15) is 5.82 Å². The fourth-order valence-corrected chi connectivity index (χ4v) is 2.55. The van der Waals surface area contributed by atoms with E-state index in [-0.39, 0.29) is 5.82 Å². The smallest absolute Gasteiger partial charge is 0.123 e. The Morgan fingerprint density at radius 3 is 2.64 bits per heavy atom. The predicted molar refractivity (Wildman–Crippen MR) is 53.5 cm³/mol. The largest absolute Gasteiger partial charge is 0.313 e. The number of benzene rings is 1. The molecule has 0 radical (unpaired) electrons. The third kappa shape index (κ3) is 1.44. The Labute approximate surface area is 83.3 Å². The molecule has 1 aliphatic heterocycles. The van der Waals surface area contributed by atoms with Gasteiger partial charge in [-0.25, -0.2) is 4.39 Å². The summed E-state index contributed by atoms with van der Waals surface area (Å²) >= 11 is 0. The molecular formula is C12H14FN. The molecule has 0 bridgehead atoms. The number of nitrogens with one attached hydrogen (secondary N) is 1. The van der Waals surface area contributed by atoms with Gasteiger partial charge in [-0.3, -0.25) is 0 Å². The fraction of sp³-hybridized carbons (Fsp3) is 0.500. The van der Waals surface area contributed by atoms with Gasteiger partial charge in [-0.1, -0.05) is 12.1 Å². The van der Waals surface area contributed by atoms with E-state index in [4.69, 9.17) is 0 Å². The molecule has 2 aliphatic rings. The van der Waals surface area contributed by atoms with Crippen LogP contribution in [0.25, 0.3) is 0 Å². The monoisotopic (exact) mass is 191 g/mol. The van der Waals surface area contributed by atoms with Crippen molar-refractivity contribution in [3.8, 4) is 0 Å². The van der Waals surface area contributed by atoms with Gasteiger partial charge in [0.25, 0.3) is 0 Å². The second-order valence-electron chi connectivity index (χ2n) is 4.50. The molecule has 1 N–H and O–H groups in total. The highest BCUT2D eigenvalue weighted by Gasteiger charge is 2.47. The fourth-order valence-electron chi connectivity index (χ4n) is 2.55. The Bertz CT molecular complexity index is 333. The molecule has 2 fully saturated rings. The molecule has 74 valence electrons. The zero-order valence-electron chi connectivity index (χ0n) is 8.04. The number of fused-ring (bicyclic) bond motifs is 1. The molecule has 3 rings (SSSR count). The van der Waals surface area contributed by atoms with E-state index < -0.39 is 0 Å². The van der Waals surface area contributed by atoms with Crippen LogP contribution in [0.2, 0.25) is 0 Å². The summed E-state index contributed by atoms with van der Waals surface area (Å²) in [5, 5.41) is 3.53. The Kier molecular flexibility index (Phi) is 1.84. The van der Waals surface area contributed by atoms with Crippen LogP contribution in [-0.2, 0) is 6.42 Å². The van der Waals surface area contributed by atoms with Gasteiger partial charge in [-0.05, 0) is 48.9 Å². The Morgan fingerprint density at radius 1 is 1.29 bits per heavy atom. The lowest BCUT2D eigenvalue weighted by atomic mass is 10.0. The van der Waals surface area contributed by atoms with Crippen molar-refractivity contribution in [3.63, 3.8) is 0 Å². The van der Waals surface area contributed by atoms with Crippen molar-refractivity contribution in [1.82, 2.24) is 5.32 Å². The lowest BCUT2D eigenvalue weighted by Crippen LogP contribution is -2.28. The van der Waals surface area contributed by atoms with Crippen molar-refractivity contribution in [2.45, 2.75) is 18.9 Å². The van der Waals surface area contributed by atoms with Gasteiger partial charge >= 0.3 is 0 Å². The van der Waals surface area contributed by atoms with Crippen molar-refractivity contribution < 1.29 is 4.39 Å². The van der Waals surface area contributed by atoms with Gasteiger partial charge in [0.2, 0.25) is 0 Å². The van der Waals surface area contributed by atoms with Crippen molar-refractivity contribution in [2.24, 2.45) is 11.8 Å². The molecular weight excluding hydrogens is 177 g/mol. The van der Waals surface area contributed by atoms with Crippen molar-refractivity contribution >= 4 is 0 Å². The van der Waals surface area contributed by atoms with Crippen LogP contribution < -0.4 is 5.32 Å². The lowest BCUT2D eigenvalue weighted by Gasteiger charge is -2.12. The van der Waals surface area contributed by atoms with Crippen LogP contribution in [0, 0.1) is 17.7 Å². The first-order valence-electron chi connectivity index (χ1n) is 5.31. The van der Waals surface area contributed by atoms with Gasteiger partial charge < -0.3 is 5.32 Å². The summed E-state index contributed by atoms with van der Waals surface area (Å²) in [6.07, 6.45) is 2.46. The van der Waals surface area contributed by atoms with Crippen LogP contribution in [-0.4, -0.2) is 12.6 Å². The van der Waals surface area contributed by atoms with Gasteiger partial charge in [0.05, 0.1) is 0 Å². The lowest BCUT2D eigenvalue weighted by molar-refractivity contribution is 0.530. The van der Waals surface area contributed by atoms with E-state index in [0.717, 1.165) is 18.3 Å². The second-order valence-corrected chi connectivity index (χ2v) is 4.50. The third-order valence-electron chi connectivity index (χ3n) is 3.51. The number of hydrogen-bond donors (Lipinski definition) is 1. The van der Waals surface area contributed by atoms with E-state index in [9.17, 15) is 4.39 Å². The summed E-state index contributed by atoms with van der Waals surface area (Å²) < 4.78 is 12.7. The topological polar surface area (TPSA) is 12.0 Å². The van der Waals surface area contributed by atoms with Crippen LogP contribution in [0.4, 0.5) is 4.39 Å². The van der Waals surface area contributed by atoms with Crippen LogP contribution >= 0.6 is 0 Å². The second kappa shape index (κ2) is 3.06. The molecule has 1 nitrogen and oxygen atoms in total. The highest BCUT2D eigenvalue weighted by Crippen LogP contribution is 2.45. The summed E-state index contributed by atoms with van der Waals surface area (Å²) in [5.41, 5.74) is 1.25. The number of hydrogen-bond acceptors (Lipinski definition) is 1. The van der Waals surface area contributed by atoms with Crippen LogP contribution in [0.5, 0.6) is 0 Å². The first-order chi connectivity index (χ1) is 6.83. The molecule has 1 aromatic carbocycles. The minimum atomic E-state index is -0.141. The molecule has 0 amide bonds. The van der Waals surface area contributed by atoms with Crippen LogP contribution in [0.3, 0.4) is 0 Å². The summed E-state index contributed by atoms with van der Waals surface area (Å²) in [7, 11) is 0. The molecule has 3 atom stereocenters. The summed E-state index contributed by atoms with van der Waals surface area (Å²) in [5.74, 6) is 1.71. The maximum absolute atomic E-state index is 12.7. The molecule has 0 spiro atoms. The quantitative estimate of drug-likeness (QED) is 0.753. The Balaban J connectivity index is 1.69. The molecule has 0 aromatic heterocycles. The van der Waals surface area contributed by atoms with E-state index in [1.807, 2.05) is 12.1 Å². The Morgan fingerprint density at radius 2 is 2.07 bits per heavy atom. The minimum Gasteiger partial charge on any atom is -0.313 e. The van der Waals surface area contributed by atoms with Crippen LogP contribution in [0.15, 0.2) is 24.3 Å². The van der Waals surface area contributed by atoms with E-state index in [2.05, 4.69) is 5.32 Å². The number of halogens is 1.